The Labute approximate surface area is 159 Å². The van der Waals surface area contributed by atoms with E-state index in [2.05, 4.69) is 11.4 Å². The molecule has 2 aliphatic carbocycles. The quantitative estimate of drug-likeness (QED) is 0.606. The van der Waals surface area contributed by atoms with Gasteiger partial charge in [0, 0.05) is 11.7 Å². The van der Waals surface area contributed by atoms with Crippen molar-refractivity contribution in [3.63, 3.8) is 0 Å². The van der Waals surface area contributed by atoms with Crippen molar-refractivity contribution in [3.05, 3.63) is 38.6 Å². The fourth-order valence-electron chi connectivity index (χ4n) is 3.49. The number of hydrogen-bond donors (Lipinski definition) is 2. The summed E-state index contributed by atoms with van der Waals surface area (Å²) in [5, 5.41) is 13.1. The summed E-state index contributed by atoms with van der Waals surface area (Å²) in [5.41, 5.74) is 3.13. The first-order valence-corrected chi connectivity index (χ1v) is 8.52. The fourth-order valence-corrected chi connectivity index (χ4v) is 3.49. The Morgan fingerprint density at radius 2 is 1.54 bits per heavy atom. The molecule has 3 aliphatic rings. The number of hydrogen-bond acceptors (Lipinski definition) is 3. The SMILES string of the molecule is C1CCCC1.OB1OCc2ccc(NC3CCCC3)cc21.[CH3-].[CH3-].[Fe+2]. The van der Waals surface area contributed by atoms with E-state index in [1.807, 2.05) is 12.1 Å². The van der Waals surface area contributed by atoms with Crippen molar-refractivity contribution in [2.45, 2.75) is 70.4 Å². The molecule has 0 unspecified atom stereocenters. The number of nitrogens with one attached hydrogen (secondary N) is 1. The van der Waals surface area contributed by atoms with Crippen molar-refractivity contribution in [1.82, 2.24) is 0 Å². The van der Waals surface area contributed by atoms with Gasteiger partial charge in [0.15, 0.2) is 0 Å². The number of benzene rings is 1. The number of rotatable bonds is 2. The molecule has 0 aromatic heterocycles. The minimum absolute atomic E-state index is 0. The molecule has 1 heterocycles. The Kier molecular flexibility index (Phi) is 11.7. The van der Waals surface area contributed by atoms with Crippen molar-refractivity contribution in [3.8, 4) is 0 Å². The van der Waals surface area contributed by atoms with Crippen LogP contribution in [0.15, 0.2) is 18.2 Å². The average molecular weight is 373 g/mol. The molecule has 0 bridgehead atoms. The van der Waals surface area contributed by atoms with Crippen LogP contribution in [0.2, 0.25) is 0 Å². The molecule has 1 aromatic rings. The Hall–Kier alpha value is -0.476. The summed E-state index contributed by atoms with van der Waals surface area (Å²) in [6, 6.07) is 6.75. The van der Waals surface area contributed by atoms with Gasteiger partial charge < -0.3 is 29.8 Å². The van der Waals surface area contributed by atoms with Crippen molar-refractivity contribution in [2.24, 2.45) is 0 Å². The summed E-state index contributed by atoms with van der Waals surface area (Å²) in [6.07, 6.45) is 12.7. The monoisotopic (exact) mass is 373 g/mol. The van der Waals surface area contributed by atoms with Gasteiger partial charge in [0.1, 0.15) is 0 Å². The molecule has 0 amide bonds. The third-order valence-electron chi connectivity index (χ3n) is 4.78. The molecule has 2 fully saturated rings. The fraction of sp³-hybridized carbons (Fsp3) is 0.579. The molecule has 3 nitrogen and oxygen atoms in total. The van der Waals surface area contributed by atoms with Gasteiger partial charge in [-0.3, -0.25) is 0 Å². The van der Waals surface area contributed by atoms with Crippen LogP contribution in [0.5, 0.6) is 0 Å². The van der Waals surface area contributed by atoms with Gasteiger partial charge in [-0.25, -0.2) is 0 Å². The first-order valence-electron chi connectivity index (χ1n) is 8.52. The van der Waals surface area contributed by atoms with Crippen molar-refractivity contribution < 1.29 is 26.7 Å². The minimum Gasteiger partial charge on any atom is -0.423 e. The minimum atomic E-state index is -0.736. The zero-order valence-electron chi connectivity index (χ0n) is 15.2. The number of anilines is 1. The molecular formula is C19H32BFeNO2. The van der Waals surface area contributed by atoms with E-state index in [9.17, 15) is 5.02 Å². The molecule has 5 heteroatoms. The standard InChI is InChI=1S/C12H16BNO2.C5H10.2CH3.Fe/c15-13-12-7-11(6-5-9(12)8-16-13)14-10-3-1-2-4-10;1-2-4-5-3-1;;;/h5-7,10,14-15H,1-4,8H2;1-5H2;2*1H3;/q;;2*-1;+2. The zero-order chi connectivity index (χ0) is 14.5. The second-order valence-electron chi connectivity index (χ2n) is 6.47. The molecule has 4 rings (SSSR count). The van der Waals surface area contributed by atoms with Gasteiger partial charge in [0.25, 0.3) is 0 Å². The Balaban J connectivity index is 0.000000578. The normalized spacial score (nSPS) is 18.5. The molecule has 0 spiro atoms. The topological polar surface area (TPSA) is 41.5 Å². The third kappa shape index (κ3) is 6.44. The average Bonchev–Trinajstić information content (AvgIpc) is 3.24. The predicted octanol–water partition coefficient (Wildman–Crippen LogP) is 4.11. The molecule has 2 N–H and O–H groups in total. The van der Waals surface area contributed by atoms with Crippen molar-refractivity contribution in [2.75, 3.05) is 5.32 Å². The van der Waals surface area contributed by atoms with Gasteiger partial charge in [0.05, 0.1) is 6.61 Å². The van der Waals surface area contributed by atoms with Crippen LogP contribution in [0.4, 0.5) is 5.69 Å². The molecule has 2 saturated carbocycles. The zero-order valence-corrected chi connectivity index (χ0v) is 16.3. The number of fused-ring (bicyclic) bond motifs is 1. The first kappa shape index (κ1) is 23.5. The van der Waals surface area contributed by atoms with Crippen molar-refractivity contribution in [1.29, 1.82) is 0 Å². The van der Waals surface area contributed by atoms with Gasteiger partial charge in [-0.1, -0.05) is 51.0 Å². The summed E-state index contributed by atoms with van der Waals surface area (Å²) >= 11 is 0. The van der Waals surface area contributed by atoms with Crippen LogP contribution >= 0.6 is 0 Å². The van der Waals surface area contributed by atoms with E-state index >= 15 is 0 Å². The summed E-state index contributed by atoms with van der Waals surface area (Å²) in [7, 11) is -0.736. The van der Waals surface area contributed by atoms with E-state index in [1.54, 1.807) is 0 Å². The molecular weight excluding hydrogens is 341 g/mol. The van der Waals surface area contributed by atoms with Gasteiger partial charge >= 0.3 is 24.2 Å². The van der Waals surface area contributed by atoms with Gasteiger partial charge in [0.2, 0.25) is 0 Å². The van der Waals surface area contributed by atoms with Gasteiger partial charge in [-0.05, 0) is 36.0 Å². The van der Waals surface area contributed by atoms with E-state index in [4.69, 9.17) is 4.65 Å². The maximum absolute atomic E-state index is 9.62. The van der Waals surface area contributed by atoms with Gasteiger partial charge in [-0.15, -0.1) is 0 Å². The van der Waals surface area contributed by atoms with Crippen LogP contribution in [0.3, 0.4) is 0 Å². The molecule has 24 heavy (non-hydrogen) atoms. The third-order valence-corrected chi connectivity index (χ3v) is 4.78. The second kappa shape index (κ2) is 12.0. The maximum Gasteiger partial charge on any atom is 2.00 e. The molecule has 0 atom stereocenters. The molecule has 0 radical (unpaired) electrons. The molecule has 1 aliphatic heterocycles. The molecule has 0 saturated heterocycles. The smallest absolute Gasteiger partial charge is 0.423 e. The van der Waals surface area contributed by atoms with Gasteiger partial charge in [-0.2, -0.15) is 0 Å². The van der Waals surface area contributed by atoms with E-state index in [0.29, 0.717) is 12.6 Å². The van der Waals surface area contributed by atoms with E-state index in [0.717, 1.165) is 16.7 Å². The van der Waals surface area contributed by atoms with E-state index < -0.39 is 7.12 Å². The van der Waals surface area contributed by atoms with Crippen LogP contribution in [0, 0.1) is 14.9 Å². The van der Waals surface area contributed by atoms with Crippen LogP contribution in [-0.2, 0) is 28.3 Å². The van der Waals surface area contributed by atoms with Crippen molar-refractivity contribution >= 4 is 18.3 Å². The Morgan fingerprint density at radius 1 is 0.958 bits per heavy atom. The summed E-state index contributed by atoms with van der Waals surface area (Å²) in [4.78, 5) is 0. The van der Waals surface area contributed by atoms with E-state index in [1.165, 1.54) is 57.8 Å². The predicted molar refractivity (Wildman–Crippen MR) is 101 cm³/mol. The Morgan fingerprint density at radius 3 is 2.12 bits per heavy atom. The van der Waals surface area contributed by atoms with Crippen LogP contribution in [-0.4, -0.2) is 18.2 Å². The Bertz CT molecular complexity index is 455. The van der Waals surface area contributed by atoms with Crippen LogP contribution in [0.25, 0.3) is 0 Å². The molecule has 136 valence electrons. The first-order chi connectivity index (χ1) is 10.3. The molecule has 1 aromatic carbocycles. The van der Waals surface area contributed by atoms with Crippen LogP contribution < -0.4 is 10.8 Å². The second-order valence-corrected chi connectivity index (χ2v) is 6.47. The summed E-state index contributed by atoms with van der Waals surface area (Å²) in [5.74, 6) is 0. The van der Waals surface area contributed by atoms with Crippen LogP contribution in [0.1, 0.15) is 63.4 Å². The largest absolute Gasteiger partial charge is 2.00 e. The summed E-state index contributed by atoms with van der Waals surface area (Å²) < 4.78 is 5.18. The van der Waals surface area contributed by atoms with E-state index in [-0.39, 0.29) is 31.9 Å². The summed E-state index contributed by atoms with van der Waals surface area (Å²) in [6.45, 7) is 0.528. The maximum atomic E-state index is 9.62.